The van der Waals surface area contributed by atoms with Crippen molar-refractivity contribution in [2.75, 3.05) is 19.8 Å². The van der Waals surface area contributed by atoms with Crippen LogP contribution in [0.25, 0.3) is 0 Å². The maximum atomic E-state index is 11.9. The molecule has 0 aromatic carbocycles. The largest absolute Gasteiger partial charge is 0.458 e. The zero-order valence-corrected chi connectivity index (χ0v) is 20.6. The zero-order valence-electron chi connectivity index (χ0n) is 20.6. The lowest BCUT2D eigenvalue weighted by molar-refractivity contribution is -0.330. The van der Waals surface area contributed by atoms with Crippen molar-refractivity contribution in [1.82, 2.24) is 0 Å². The standard InChI is InChI=1S/C26H40O9/c1-14-4-7-18-25(2,16(14)6-5-15-9-11-33-23(15)32)10-8-19(26(18,3)13-28)35-24-22(31)21(30)20(29)17(12-27)34-24/h9,16-22,24,27-31H,1,4-8,10-13H2,2-3H3/t16-,17-,18?,19-,20-,21+,22-,24+,25+,26+/m1/s1. The number of carbonyl (C=O) groups excluding carboxylic acids is 1. The molecule has 0 aromatic heterocycles. The number of cyclic esters (lactones) is 1. The number of aliphatic hydroxyl groups excluding tert-OH is 5. The smallest absolute Gasteiger partial charge is 0.334 e. The number of hydrogen-bond acceptors (Lipinski definition) is 9. The molecule has 0 bridgehead atoms. The summed E-state index contributed by atoms with van der Waals surface area (Å²) in [6, 6.07) is 0. The predicted octanol–water partition coefficient (Wildman–Crippen LogP) is 0.816. The first-order chi connectivity index (χ1) is 16.6. The van der Waals surface area contributed by atoms with Crippen molar-refractivity contribution in [1.29, 1.82) is 0 Å². The van der Waals surface area contributed by atoms with Crippen LogP contribution in [0.2, 0.25) is 0 Å². The lowest BCUT2D eigenvalue weighted by atomic mass is 9.46. The van der Waals surface area contributed by atoms with Crippen molar-refractivity contribution in [3.05, 3.63) is 23.8 Å². The second-order valence-electron chi connectivity index (χ2n) is 11.2. The third kappa shape index (κ3) is 4.61. The van der Waals surface area contributed by atoms with Gasteiger partial charge in [-0.15, -0.1) is 0 Å². The molecule has 198 valence electrons. The van der Waals surface area contributed by atoms with Crippen molar-refractivity contribution in [2.24, 2.45) is 22.7 Å². The molecular weight excluding hydrogens is 456 g/mol. The fraction of sp³-hybridized carbons (Fsp3) is 0.808. The van der Waals surface area contributed by atoms with E-state index >= 15 is 0 Å². The second-order valence-corrected chi connectivity index (χ2v) is 11.2. The van der Waals surface area contributed by atoms with Crippen LogP contribution in [0.5, 0.6) is 0 Å². The minimum Gasteiger partial charge on any atom is -0.458 e. The number of fused-ring (bicyclic) bond motifs is 1. The predicted molar refractivity (Wildman–Crippen MR) is 125 cm³/mol. The average molecular weight is 497 g/mol. The Morgan fingerprint density at radius 3 is 2.51 bits per heavy atom. The van der Waals surface area contributed by atoms with E-state index in [1.165, 1.54) is 5.57 Å². The molecule has 0 spiro atoms. The highest BCUT2D eigenvalue weighted by Crippen LogP contribution is 2.62. The summed E-state index contributed by atoms with van der Waals surface area (Å²) in [6.07, 6.45) is -0.907. The molecule has 1 saturated heterocycles. The van der Waals surface area contributed by atoms with Crippen LogP contribution in [-0.4, -0.2) is 88.1 Å². The van der Waals surface area contributed by atoms with Crippen LogP contribution >= 0.6 is 0 Å². The third-order valence-corrected chi connectivity index (χ3v) is 9.31. The van der Waals surface area contributed by atoms with Crippen molar-refractivity contribution in [3.63, 3.8) is 0 Å². The number of allylic oxidation sites excluding steroid dienone is 1. The molecule has 2 saturated carbocycles. The van der Waals surface area contributed by atoms with Crippen molar-refractivity contribution in [2.45, 2.75) is 89.2 Å². The summed E-state index contributed by atoms with van der Waals surface area (Å²) in [6.45, 7) is 8.27. The number of rotatable bonds is 7. The minimum absolute atomic E-state index is 0.0867. The van der Waals surface area contributed by atoms with Gasteiger partial charge in [-0.2, -0.15) is 0 Å². The van der Waals surface area contributed by atoms with E-state index in [0.717, 1.165) is 25.7 Å². The number of aliphatic hydroxyl groups is 5. The van der Waals surface area contributed by atoms with Crippen LogP contribution in [0.1, 0.15) is 52.4 Å². The Morgan fingerprint density at radius 1 is 1.14 bits per heavy atom. The van der Waals surface area contributed by atoms with Gasteiger partial charge in [0.15, 0.2) is 6.29 Å². The molecule has 4 rings (SSSR count). The quantitative estimate of drug-likeness (QED) is 0.196. The summed E-state index contributed by atoms with van der Waals surface area (Å²) in [5.41, 5.74) is 1.07. The Bertz CT molecular complexity index is 841. The fourth-order valence-corrected chi connectivity index (χ4v) is 7.18. The summed E-state index contributed by atoms with van der Waals surface area (Å²) in [4.78, 5) is 11.9. The number of ether oxygens (including phenoxy) is 3. The van der Waals surface area contributed by atoms with E-state index in [0.29, 0.717) is 25.0 Å². The maximum Gasteiger partial charge on any atom is 0.334 e. The van der Waals surface area contributed by atoms with Gasteiger partial charge >= 0.3 is 5.97 Å². The van der Waals surface area contributed by atoms with Gasteiger partial charge in [0.1, 0.15) is 31.0 Å². The van der Waals surface area contributed by atoms with Crippen molar-refractivity contribution in [3.8, 4) is 0 Å². The summed E-state index contributed by atoms with van der Waals surface area (Å²) in [5, 5.41) is 50.9. The molecule has 0 aromatic rings. The molecule has 0 amide bonds. The Morgan fingerprint density at radius 2 is 1.89 bits per heavy atom. The SMILES string of the molecule is C=C1CCC2[C@](C)(CO)[C@H](O[C@@H]3O[C@H](CO)[C@@H](O)[C@H](O)[C@H]3O)CC[C@@]2(C)[C@@H]1CCC1=CCOC1=O. The van der Waals surface area contributed by atoms with Crippen LogP contribution in [0, 0.1) is 22.7 Å². The Kier molecular flexibility index (Phi) is 7.79. The van der Waals surface area contributed by atoms with Gasteiger partial charge in [-0.3, -0.25) is 0 Å². The van der Waals surface area contributed by atoms with Crippen LogP contribution < -0.4 is 0 Å². The fourth-order valence-electron chi connectivity index (χ4n) is 7.18. The van der Waals surface area contributed by atoms with E-state index in [2.05, 4.69) is 13.5 Å². The van der Waals surface area contributed by atoms with E-state index in [1.807, 2.05) is 13.0 Å². The Labute approximate surface area is 206 Å². The highest BCUT2D eigenvalue weighted by Gasteiger charge is 2.59. The van der Waals surface area contributed by atoms with E-state index in [-0.39, 0.29) is 29.8 Å². The molecule has 2 aliphatic carbocycles. The first kappa shape index (κ1) is 26.7. The van der Waals surface area contributed by atoms with Crippen LogP contribution in [-0.2, 0) is 19.0 Å². The molecule has 10 atom stereocenters. The van der Waals surface area contributed by atoms with Gasteiger partial charge in [0.2, 0.25) is 0 Å². The van der Waals surface area contributed by atoms with Crippen molar-refractivity contribution >= 4 is 5.97 Å². The van der Waals surface area contributed by atoms with Crippen LogP contribution in [0.15, 0.2) is 23.8 Å². The summed E-state index contributed by atoms with van der Waals surface area (Å²) in [7, 11) is 0. The lowest BCUT2D eigenvalue weighted by Gasteiger charge is -2.61. The van der Waals surface area contributed by atoms with Gasteiger partial charge in [0, 0.05) is 11.0 Å². The van der Waals surface area contributed by atoms with E-state index < -0.39 is 48.8 Å². The molecule has 2 aliphatic heterocycles. The lowest BCUT2D eigenvalue weighted by Crippen LogP contribution is -2.63. The molecule has 2 heterocycles. The van der Waals surface area contributed by atoms with Gasteiger partial charge in [-0.05, 0) is 61.9 Å². The highest BCUT2D eigenvalue weighted by atomic mass is 16.7. The van der Waals surface area contributed by atoms with E-state index in [9.17, 15) is 30.3 Å². The normalized spacial score (nSPS) is 46.2. The Hall–Kier alpha value is -1.33. The molecule has 9 nitrogen and oxygen atoms in total. The summed E-state index contributed by atoms with van der Waals surface area (Å²) in [5.74, 6) is 0.0169. The first-order valence-corrected chi connectivity index (χ1v) is 12.7. The molecule has 1 unspecified atom stereocenters. The molecule has 0 radical (unpaired) electrons. The van der Waals surface area contributed by atoms with Crippen molar-refractivity contribution < 1.29 is 44.5 Å². The van der Waals surface area contributed by atoms with E-state index in [1.54, 1.807) is 0 Å². The topological polar surface area (TPSA) is 146 Å². The van der Waals surface area contributed by atoms with Gasteiger partial charge in [-0.1, -0.05) is 26.0 Å². The third-order valence-electron chi connectivity index (χ3n) is 9.31. The average Bonchev–Trinajstić information content (AvgIpc) is 3.25. The van der Waals surface area contributed by atoms with Gasteiger partial charge in [0.05, 0.1) is 19.3 Å². The second kappa shape index (κ2) is 10.2. The first-order valence-electron chi connectivity index (χ1n) is 12.7. The van der Waals surface area contributed by atoms with Gasteiger partial charge < -0.3 is 39.7 Å². The number of hydrogen-bond donors (Lipinski definition) is 5. The minimum atomic E-state index is -1.51. The van der Waals surface area contributed by atoms with Gasteiger partial charge in [-0.25, -0.2) is 4.79 Å². The molecule has 4 aliphatic rings. The molecule has 9 heteroatoms. The van der Waals surface area contributed by atoms with Crippen LogP contribution in [0.4, 0.5) is 0 Å². The Balaban J connectivity index is 1.53. The number of carbonyl (C=O) groups is 1. The molecule has 35 heavy (non-hydrogen) atoms. The van der Waals surface area contributed by atoms with Gasteiger partial charge in [0.25, 0.3) is 0 Å². The summed E-state index contributed by atoms with van der Waals surface area (Å²) < 4.78 is 16.9. The zero-order chi connectivity index (χ0) is 25.5. The van der Waals surface area contributed by atoms with E-state index in [4.69, 9.17) is 14.2 Å². The molecule has 5 N–H and O–H groups in total. The monoisotopic (exact) mass is 496 g/mol. The highest BCUT2D eigenvalue weighted by molar-refractivity contribution is 5.90. The summed E-state index contributed by atoms with van der Waals surface area (Å²) >= 11 is 0. The molecule has 3 fully saturated rings. The maximum absolute atomic E-state index is 11.9. The molecular formula is C26H40O9. The van der Waals surface area contributed by atoms with Crippen LogP contribution in [0.3, 0.4) is 0 Å². The number of esters is 1.